The summed E-state index contributed by atoms with van der Waals surface area (Å²) in [5.41, 5.74) is -2.23. The molecule has 1 unspecified atom stereocenters. The second-order valence-electron chi connectivity index (χ2n) is 4.51. The minimum absolute atomic E-state index is 0.150. The second kappa shape index (κ2) is 4.38. The van der Waals surface area contributed by atoms with E-state index in [0.29, 0.717) is 0 Å². The minimum Gasteiger partial charge on any atom is -0.377 e. The molecule has 102 valence electrons. The number of alkyl halides is 3. The molecule has 0 saturated heterocycles. The first kappa shape index (κ1) is 13.6. The van der Waals surface area contributed by atoms with Gasteiger partial charge in [-0.15, -0.1) is 0 Å². The Morgan fingerprint density at radius 2 is 1.84 bits per heavy atom. The van der Waals surface area contributed by atoms with Crippen LogP contribution in [0.4, 0.5) is 13.2 Å². The predicted octanol–water partition coefficient (Wildman–Crippen LogP) is 2.69. The Labute approximate surface area is 108 Å². The van der Waals surface area contributed by atoms with Gasteiger partial charge in [0.15, 0.2) is 0 Å². The van der Waals surface area contributed by atoms with Crippen molar-refractivity contribution in [3.63, 3.8) is 0 Å². The molecular weight excluding hydrogens is 257 g/mol. The number of rotatable bonds is 2. The maximum atomic E-state index is 12.7. The summed E-state index contributed by atoms with van der Waals surface area (Å²) in [5.74, 6) is 0.284. The van der Waals surface area contributed by atoms with Crippen LogP contribution in [0.1, 0.15) is 23.9 Å². The topological polar surface area (TPSA) is 38.0 Å². The van der Waals surface area contributed by atoms with Crippen molar-refractivity contribution < 1.29 is 18.3 Å². The van der Waals surface area contributed by atoms with Gasteiger partial charge in [-0.1, -0.05) is 12.1 Å². The van der Waals surface area contributed by atoms with Gasteiger partial charge in [0.2, 0.25) is 0 Å². The first-order valence-electron chi connectivity index (χ1n) is 5.61. The molecule has 1 atom stereocenters. The fraction of sp³-hybridized carbons (Fsp3) is 0.308. The van der Waals surface area contributed by atoms with Gasteiger partial charge in [0.1, 0.15) is 11.4 Å². The molecule has 3 nitrogen and oxygen atoms in total. The molecule has 0 amide bonds. The highest BCUT2D eigenvalue weighted by atomic mass is 19.4. The molecule has 0 saturated carbocycles. The van der Waals surface area contributed by atoms with E-state index >= 15 is 0 Å². The summed E-state index contributed by atoms with van der Waals surface area (Å²) in [6.07, 6.45) is -1.33. The van der Waals surface area contributed by atoms with Crippen molar-refractivity contribution >= 4 is 0 Å². The Morgan fingerprint density at radius 1 is 1.21 bits per heavy atom. The first-order chi connectivity index (χ1) is 8.73. The summed E-state index contributed by atoms with van der Waals surface area (Å²) >= 11 is 0. The molecule has 0 bridgehead atoms. The van der Waals surface area contributed by atoms with E-state index in [1.807, 2.05) is 0 Å². The first-order valence-corrected chi connectivity index (χ1v) is 5.61. The average Bonchev–Trinajstić information content (AvgIpc) is 2.75. The third-order valence-corrected chi connectivity index (χ3v) is 3.01. The van der Waals surface area contributed by atoms with Gasteiger partial charge in [-0.25, -0.2) is 4.98 Å². The van der Waals surface area contributed by atoms with Crippen molar-refractivity contribution in [2.24, 2.45) is 7.05 Å². The Balaban J connectivity index is 2.50. The SMILES string of the molecule is Cn1ccnc1C(C)(O)c1cccc(C(F)(F)F)c1. The molecule has 0 aliphatic rings. The molecule has 1 aromatic carbocycles. The molecule has 0 aliphatic carbocycles. The molecular formula is C13H13F3N2O. The Hall–Kier alpha value is -1.82. The Kier molecular flexibility index (Phi) is 3.14. The van der Waals surface area contributed by atoms with Crippen molar-refractivity contribution in [3.05, 3.63) is 53.6 Å². The van der Waals surface area contributed by atoms with Crippen molar-refractivity contribution in [2.75, 3.05) is 0 Å². The van der Waals surface area contributed by atoms with Crippen LogP contribution >= 0.6 is 0 Å². The molecule has 19 heavy (non-hydrogen) atoms. The van der Waals surface area contributed by atoms with E-state index in [1.165, 1.54) is 25.3 Å². The fourth-order valence-electron chi connectivity index (χ4n) is 1.96. The standard InChI is InChI=1S/C13H13F3N2O/c1-12(19,11-17-6-7-18(11)2)9-4-3-5-10(8-9)13(14,15)16/h3-8,19H,1-2H3. The second-order valence-corrected chi connectivity index (χ2v) is 4.51. The van der Waals surface area contributed by atoms with E-state index in [2.05, 4.69) is 4.98 Å². The lowest BCUT2D eigenvalue weighted by molar-refractivity contribution is -0.137. The highest BCUT2D eigenvalue weighted by Crippen LogP contribution is 2.34. The van der Waals surface area contributed by atoms with Gasteiger partial charge in [-0.2, -0.15) is 13.2 Å². The number of nitrogens with zero attached hydrogens (tertiary/aromatic N) is 2. The highest BCUT2D eigenvalue weighted by molar-refractivity contribution is 5.33. The summed E-state index contributed by atoms with van der Waals surface area (Å²) in [7, 11) is 1.67. The predicted molar refractivity (Wildman–Crippen MR) is 63.3 cm³/mol. The number of hydrogen-bond acceptors (Lipinski definition) is 2. The maximum absolute atomic E-state index is 12.7. The van der Waals surface area contributed by atoms with Crippen LogP contribution in [0.5, 0.6) is 0 Å². The lowest BCUT2D eigenvalue weighted by Gasteiger charge is -2.24. The van der Waals surface area contributed by atoms with Crippen molar-refractivity contribution in [3.8, 4) is 0 Å². The van der Waals surface area contributed by atoms with Crippen LogP contribution in [0, 0.1) is 0 Å². The monoisotopic (exact) mass is 270 g/mol. The molecule has 0 radical (unpaired) electrons. The number of benzene rings is 1. The summed E-state index contributed by atoms with van der Waals surface area (Å²) in [6.45, 7) is 1.42. The van der Waals surface area contributed by atoms with Crippen molar-refractivity contribution in [2.45, 2.75) is 18.7 Å². The lowest BCUT2D eigenvalue weighted by Crippen LogP contribution is -2.27. The van der Waals surface area contributed by atoms with E-state index in [0.717, 1.165) is 12.1 Å². The molecule has 2 rings (SSSR count). The van der Waals surface area contributed by atoms with E-state index < -0.39 is 17.3 Å². The van der Waals surface area contributed by atoms with E-state index in [4.69, 9.17) is 0 Å². The van der Waals surface area contributed by atoms with Gasteiger partial charge < -0.3 is 9.67 Å². The third-order valence-electron chi connectivity index (χ3n) is 3.01. The fourth-order valence-corrected chi connectivity index (χ4v) is 1.96. The van der Waals surface area contributed by atoms with Crippen molar-refractivity contribution in [1.29, 1.82) is 0 Å². The summed E-state index contributed by atoms with van der Waals surface area (Å²) in [5, 5.41) is 10.5. The zero-order valence-corrected chi connectivity index (χ0v) is 10.4. The quantitative estimate of drug-likeness (QED) is 0.911. The third kappa shape index (κ3) is 2.49. The molecule has 2 aromatic rings. The molecule has 1 N–H and O–H groups in total. The molecule has 6 heteroatoms. The molecule has 0 fully saturated rings. The van der Waals surface area contributed by atoms with Gasteiger partial charge in [0.05, 0.1) is 5.56 Å². The number of aromatic nitrogens is 2. The van der Waals surface area contributed by atoms with Crippen LogP contribution in [0.25, 0.3) is 0 Å². The number of aliphatic hydroxyl groups is 1. The summed E-state index contributed by atoms with van der Waals surface area (Å²) in [4.78, 5) is 3.99. The van der Waals surface area contributed by atoms with Crippen LogP contribution in [0.15, 0.2) is 36.7 Å². The van der Waals surface area contributed by atoms with Gasteiger partial charge in [-0.3, -0.25) is 0 Å². The largest absolute Gasteiger partial charge is 0.416 e. The zero-order valence-electron chi connectivity index (χ0n) is 10.4. The van der Waals surface area contributed by atoms with Gasteiger partial charge in [0.25, 0.3) is 0 Å². The molecule has 1 heterocycles. The van der Waals surface area contributed by atoms with E-state index in [1.54, 1.807) is 17.8 Å². The number of hydrogen-bond donors (Lipinski definition) is 1. The highest BCUT2D eigenvalue weighted by Gasteiger charge is 2.34. The van der Waals surface area contributed by atoms with Gasteiger partial charge in [-0.05, 0) is 24.6 Å². The zero-order chi connectivity index (χ0) is 14.3. The summed E-state index contributed by atoms with van der Waals surface area (Å²) in [6, 6.07) is 4.63. The summed E-state index contributed by atoms with van der Waals surface area (Å²) < 4.78 is 39.6. The molecule has 1 aromatic heterocycles. The van der Waals surface area contributed by atoms with Crippen LogP contribution in [-0.4, -0.2) is 14.7 Å². The Morgan fingerprint density at radius 3 is 2.37 bits per heavy atom. The lowest BCUT2D eigenvalue weighted by atomic mass is 9.93. The van der Waals surface area contributed by atoms with Crippen LogP contribution < -0.4 is 0 Å². The number of aryl methyl sites for hydroxylation is 1. The van der Waals surface area contributed by atoms with Gasteiger partial charge >= 0.3 is 6.18 Å². The Bertz CT molecular complexity index is 588. The molecule has 0 aliphatic heterocycles. The van der Waals surface area contributed by atoms with E-state index in [-0.39, 0.29) is 11.4 Å². The van der Waals surface area contributed by atoms with Crippen molar-refractivity contribution in [1.82, 2.24) is 9.55 Å². The van der Waals surface area contributed by atoms with Crippen LogP contribution in [0.2, 0.25) is 0 Å². The van der Waals surface area contributed by atoms with Gasteiger partial charge in [0, 0.05) is 19.4 Å². The van der Waals surface area contributed by atoms with Crippen LogP contribution in [0.3, 0.4) is 0 Å². The van der Waals surface area contributed by atoms with Crippen LogP contribution in [-0.2, 0) is 18.8 Å². The smallest absolute Gasteiger partial charge is 0.377 e. The molecule has 0 spiro atoms. The average molecular weight is 270 g/mol. The van der Waals surface area contributed by atoms with E-state index in [9.17, 15) is 18.3 Å². The maximum Gasteiger partial charge on any atom is 0.416 e. The normalized spacial score (nSPS) is 15.3. The number of imidazole rings is 1. The minimum atomic E-state index is -4.44. The number of halogens is 3.